The third-order valence-corrected chi connectivity index (χ3v) is 3.80. The van der Waals surface area contributed by atoms with Gasteiger partial charge >= 0.3 is 0 Å². The van der Waals surface area contributed by atoms with E-state index in [1.54, 1.807) is 0 Å². The third-order valence-electron chi connectivity index (χ3n) is 3.16. The summed E-state index contributed by atoms with van der Waals surface area (Å²) in [5.74, 6) is -0.128. The van der Waals surface area contributed by atoms with Crippen LogP contribution in [0.5, 0.6) is 5.75 Å². The van der Waals surface area contributed by atoms with Crippen LogP contribution in [-0.4, -0.2) is 20.6 Å². The summed E-state index contributed by atoms with van der Waals surface area (Å²) < 4.78 is 4.29. The van der Waals surface area contributed by atoms with Gasteiger partial charge in [-0.05, 0) is 24.3 Å². The molecule has 8 nitrogen and oxygen atoms in total. The van der Waals surface area contributed by atoms with Crippen molar-refractivity contribution in [2.75, 3.05) is 0 Å². The average molecular weight is 326 g/mol. The molecule has 0 bridgehead atoms. The molecule has 0 aliphatic carbocycles. The Hall–Kier alpha value is -2.95. The summed E-state index contributed by atoms with van der Waals surface area (Å²) in [6.07, 6.45) is 0. The minimum absolute atomic E-state index is 0.128. The number of phenols is 1. The van der Waals surface area contributed by atoms with E-state index in [9.17, 15) is 5.11 Å². The van der Waals surface area contributed by atoms with Gasteiger partial charge in [0, 0.05) is 10.8 Å². The smallest absolute Gasteiger partial charge is 0.132 e. The minimum Gasteiger partial charge on any atom is -0.507 e. The van der Waals surface area contributed by atoms with Gasteiger partial charge in [0.2, 0.25) is 0 Å². The summed E-state index contributed by atoms with van der Waals surface area (Å²) in [6, 6.07) is 9.82. The van der Waals surface area contributed by atoms with Crippen molar-refractivity contribution in [1.29, 1.82) is 10.5 Å². The molecule has 0 fully saturated rings. The average Bonchev–Trinajstić information content (AvgIpc) is 2.58. The molecule has 0 atom stereocenters. The van der Waals surface area contributed by atoms with Crippen molar-refractivity contribution in [2.45, 2.75) is 4.90 Å². The number of fused-ring (bicyclic) bond motifs is 3. The second-order valence-electron chi connectivity index (χ2n) is 4.40. The van der Waals surface area contributed by atoms with E-state index < -0.39 is 0 Å². The molecule has 3 rings (SSSR count). The molecule has 112 valence electrons. The zero-order valence-electron chi connectivity index (χ0n) is 11.2. The molecule has 2 aromatic carbocycles. The van der Waals surface area contributed by atoms with E-state index in [2.05, 4.69) is 19.6 Å². The number of aromatic hydroxyl groups is 1. The molecule has 0 amide bonds. The first-order valence-electron chi connectivity index (χ1n) is 6.10. The standard InChI is InChI=1S/C14H6N4O4S/c15-5-7-1-9-10-3-13(19)14(23-22-21-20)4-12(10)18-17-11(9)2-8(7)6-16/h1-4,19-20H. The maximum absolute atomic E-state index is 10.0. The van der Waals surface area contributed by atoms with Gasteiger partial charge in [-0.3, -0.25) is 0 Å². The van der Waals surface area contributed by atoms with Crippen LogP contribution in [0.15, 0.2) is 29.2 Å². The largest absolute Gasteiger partial charge is 0.507 e. The topological polar surface area (TPSA) is 132 Å². The Bertz CT molecular complexity index is 1010. The second-order valence-corrected chi connectivity index (χ2v) is 5.14. The normalized spacial score (nSPS) is 10.6. The molecule has 23 heavy (non-hydrogen) atoms. The Morgan fingerprint density at radius 3 is 2.22 bits per heavy atom. The Morgan fingerprint density at radius 2 is 1.57 bits per heavy atom. The number of nitriles is 2. The molecular weight excluding hydrogens is 320 g/mol. The molecule has 0 saturated heterocycles. The zero-order chi connectivity index (χ0) is 16.4. The maximum Gasteiger partial charge on any atom is 0.132 e. The maximum atomic E-state index is 10.0. The van der Waals surface area contributed by atoms with Crippen LogP contribution < -0.4 is 0 Å². The lowest BCUT2D eigenvalue weighted by Gasteiger charge is -2.07. The predicted molar refractivity (Wildman–Crippen MR) is 78.8 cm³/mol. The highest BCUT2D eigenvalue weighted by atomic mass is 32.2. The van der Waals surface area contributed by atoms with Crippen LogP contribution in [0.4, 0.5) is 0 Å². The highest BCUT2D eigenvalue weighted by molar-refractivity contribution is 7.94. The highest BCUT2D eigenvalue weighted by Crippen LogP contribution is 2.35. The predicted octanol–water partition coefficient (Wildman–Crippen LogP) is 2.66. The van der Waals surface area contributed by atoms with Gasteiger partial charge in [0.25, 0.3) is 0 Å². The van der Waals surface area contributed by atoms with Gasteiger partial charge in [0.1, 0.15) is 17.9 Å². The fourth-order valence-electron chi connectivity index (χ4n) is 2.15. The van der Waals surface area contributed by atoms with Crippen LogP contribution in [0, 0.1) is 22.7 Å². The summed E-state index contributed by atoms with van der Waals surface area (Å²) >= 11 is 0.596. The summed E-state index contributed by atoms with van der Waals surface area (Å²) in [5, 5.41) is 49.0. The molecular formula is C14H6N4O4S. The number of phenolic OH excluding ortho intramolecular Hbond substituents is 1. The number of hydrogen-bond donors (Lipinski definition) is 2. The molecule has 0 unspecified atom stereocenters. The molecule has 9 heteroatoms. The first kappa shape index (κ1) is 15.0. The van der Waals surface area contributed by atoms with Crippen LogP contribution in [0.3, 0.4) is 0 Å². The Morgan fingerprint density at radius 1 is 0.957 bits per heavy atom. The molecule has 0 radical (unpaired) electrons. The Labute approximate surface area is 133 Å². The number of rotatable bonds is 3. The van der Waals surface area contributed by atoms with Crippen LogP contribution in [0.25, 0.3) is 21.8 Å². The van der Waals surface area contributed by atoms with Gasteiger partial charge < -0.3 is 5.11 Å². The van der Waals surface area contributed by atoms with E-state index in [1.165, 1.54) is 24.3 Å². The number of nitrogens with zero attached hydrogens (tertiary/aromatic N) is 4. The summed E-state index contributed by atoms with van der Waals surface area (Å²) in [7, 11) is 0. The Balaban J connectivity index is 2.29. The van der Waals surface area contributed by atoms with Gasteiger partial charge in [-0.25, -0.2) is 5.26 Å². The highest BCUT2D eigenvalue weighted by Gasteiger charge is 2.13. The number of benzene rings is 2. The van der Waals surface area contributed by atoms with E-state index in [0.29, 0.717) is 33.8 Å². The fourth-order valence-corrected chi connectivity index (χ4v) is 2.56. The summed E-state index contributed by atoms with van der Waals surface area (Å²) in [6.45, 7) is 0. The van der Waals surface area contributed by atoms with Crippen molar-refractivity contribution in [3.8, 4) is 17.9 Å². The van der Waals surface area contributed by atoms with Crippen molar-refractivity contribution in [1.82, 2.24) is 10.2 Å². The van der Waals surface area contributed by atoms with Crippen molar-refractivity contribution >= 4 is 33.8 Å². The van der Waals surface area contributed by atoms with E-state index >= 15 is 0 Å². The monoisotopic (exact) mass is 326 g/mol. The lowest BCUT2D eigenvalue weighted by atomic mass is 10.0. The van der Waals surface area contributed by atoms with Gasteiger partial charge in [0.05, 0.1) is 39.1 Å². The lowest BCUT2D eigenvalue weighted by Crippen LogP contribution is -1.92. The molecule has 1 heterocycles. The lowest BCUT2D eigenvalue weighted by molar-refractivity contribution is -0.432. The van der Waals surface area contributed by atoms with Crippen molar-refractivity contribution in [3.05, 3.63) is 35.4 Å². The third kappa shape index (κ3) is 2.61. The van der Waals surface area contributed by atoms with Crippen LogP contribution in [-0.2, 0) is 9.37 Å². The molecule has 2 N–H and O–H groups in total. The minimum atomic E-state index is -0.128. The molecule has 1 aromatic heterocycles. The van der Waals surface area contributed by atoms with E-state index in [0.717, 1.165) is 0 Å². The van der Waals surface area contributed by atoms with Crippen LogP contribution >= 0.6 is 12.0 Å². The van der Waals surface area contributed by atoms with Crippen LogP contribution in [0.1, 0.15) is 11.1 Å². The van der Waals surface area contributed by atoms with Gasteiger partial charge in [-0.2, -0.15) is 10.5 Å². The molecule has 0 aliphatic heterocycles. The first-order valence-corrected chi connectivity index (χ1v) is 6.84. The Kier molecular flexibility index (Phi) is 3.93. The van der Waals surface area contributed by atoms with Crippen LogP contribution in [0.2, 0.25) is 0 Å². The quantitative estimate of drug-likeness (QED) is 0.322. The zero-order valence-corrected chi connectivity index (χ0v) is 12.0. The first-order chi connectivity index (χ1) is 11.2. The number of aromatic nitrogens is 2. The van der Waals surface area contributed by atoms with Crippen molar-refractivity contribution < 1.29 is 19.7 Å². The van der Waals surface area contributed by atoms with E-state index in [4.69, 9.17) is 15.8 Å². The molecule has 0 spiro atoms. The van der Waals surface area contributed by atoms with Gasteiger partial charge in [0.15, 0.2) is 0 Å². The number of hydrogen-bond acceptors (Lipinski definition) is 9. The SMILES string of the molecule is N#Cc1cc2nnc3cc(SOOO)c(O)cc3c2cc1C#N. The summed E-state index contributed by atoms with van der Waals surface area (Å²) in [5.41, 5.74) is 1.29. The van der Waals surface area contributed by atoms with Gasteiger partial charge in [-0.1, -0.05) is 5.04 Å². The second kappa shape index (κ2) is 6.04. The fraction of sp³-hybridized carbons (Fsp3) is 0. The van der Waals surface area contributed by atoms with Crippen molar-refractivity contribution in [2.24, 2.45) is 0 Å². The van der Waals surface area contributed by atoms with E-state index in [-0.39, 0.29) is 21.8 Å². The summed E-state index contributed by atoms with van der Waals surface area (Å²) in [4.78, 5) is 0.259. The molecule has 0 aliphatic rings. The van der Waals surface area contributed by atoms with Gasteiger partial charge in [-0.15, -0.1) is 14.5 Å². The molecule has 3 aromatic rings. The van der Waals surface area contributed by atoms with E-state index in [1.807, 2.05) is 12.1 Å². The molecule has 0 saturated carbocycles. The van der Waals surface area contributed by atoms with Crippen molar-refractivity contribution in [3.63, 3.8) is 0 Å².